The average molecular weight is 580 g/mol. The molecule has 42 heavy (non-hydrogen) atoms. The molecular formula is C31H37N3O8. The molecule has 0 fully saturated rings. The Labute approximate surface area is 244 Å². The smallest absolute Gasteiger partial charge is 0.306 e. The zero-order valence-corrected chi connectivity index (χ0v) is 23.4. The maximum absolute atomic E-state index is 10.6. The maximum Gasteiger partial charge on any atom is 0.306 e. The van der Waals surface area contributed by atoms with E-state index in [-0.39, 0.29) is 25.9 Å². The molecule has 2 unspecified atom stereocenters. The van der Waals surface area contributed by atoms with Crippen molar-refractivity contribution in [3.63, 3.8) is 0 Å². The quantitative estimate of drug-likeness (QED) is 0.185. The van der Waals surface area contributed by atoms with Crippen molar-refractivity contribution in [2.24, 2.45) is 5.73 Å². The van der Waals surface area contributed by atoms with Crippen LogP contribution in [0.2, 0.25) is 0 Å². The Kier molecular flexibility index (Phi) is 12.5. The Balaban J connectivity index is 0.000000531. The summed E-state index contributed by atoms with van der Waals surface area (Å²) in [5.41, 5.74) is 11.2. The third-order valence-electron chi connectivity index (χ3n) is 6.31. The second kappa shape index (κ2) is 16.2. The van der Waals surface area contributed by atoms with E-state index in [0.29, 0.717) is 19.8 Å². The van der Waals surface area contributed by atoms with Gasteiger partial charge in [-0.2, -0.15) is 0 Å². The minimum atomic E-state index is -1.03. The van der Waals surface area contributed by atoms with Crippen molar-refractivity contribution in [3.8, 4) is 22.6 Å². The predicted molar refractivity (Wildman–Crippen MR) is 158 cm³/mol. The van der Waals surface area contributed by atoms with Crippen molar-refractivity contribution >= 4 is 24.1 Å². The molecule has 1 aliphatic rings. The molecule has 1 aliphatic heterocycles. The van der Waals surface area contributed by atoms with Gasteiger partial charge in [0.2, 0.25) is 0 Å². The highest BCUT2D eigenvalue weighted by Gasteiger charge is 2.14. The van der Waals surface area contributed by atoms with Crippen LogP contribution >= 0.6 is 0 Å². The van der Waals surface area contributed by atoms with Crippen LogP contribution in [0.15, 0.2) is 54.7 Å². The van der Waals surface area contributed by atoms with Gasteiger partial charge < -0.3 is 41.0 Å². The summed E-state index contributed by atoms with van der Waals surface area (Å²) in [6.07, 6.45) is 3.46. The van der Waals surface area contributed by atoms with Gasteiger partial charge in [0.25, 0.3) is 0 Å². The number of carboxylic acids is 2. The number of fused-ring (bicyclic) bond motifs is 1. The molecule has 0 radical (unpaired) electrons. The summed E-state index contributed by atoms with van der Waals surface area (Å²) < 4.78 is 11.4. The number of aliphatic hydroxyl groups is 2. The standard InChI is InChI=1S/C27H28N2O5.C4H9NO3/c1-18-20(3-2-4-24(18)21-7-10-25-26(13-21)34-12-11-33-25)6-9-22-8-5-19(16-29-22)15-28-17-23(30)14-27(31)32;5-2-3(6)1-4(7)8/h2-10,13,16,23,28,30H,11-12,14-15,17H2,1H3,(H,31,32);3,6H,1-2,5H2,(H,7,8)/b9-6+;. The van der Waals surface area contributed by atoms with Crippen LogP contribution in [0, 0.1) is 6.92 Å². The SMILES string of the molecule is Cc1c(/C=C/c2ccc(CNCC(O)CC(=O)O)cn2)cccc1-c1ccc2c(c1)OCCO2.NCC(O)CC(=O)O. The van der Waals surface area contributed by atoms with Gasteiger partial charge in [-0.3, -0.25) is 14.6 Å². The van der Waals surface area contributed by atoms with Gasteiger partial charge in [0.15, 0.2) is 11.5 Å². The average Bonchev–Trinajstić information content (AvgIpc) is 2.96. The van der Waals surface area contributed by atoms with Crippen LogP contribution in [-0.2, 0) is 16.1 Å². The highest BCUT2D eigenvalue weighted by molar-refractivity contribution is 5.78. The number of nitrogens with two attached hydrogens (primary N) is 1. The van der Waals surface area contributed by atoms with Crippen molar-refractivity contribution in [3.05, 3.63) is 77.1 Å². The molecule has 0 amide bonds. The van der Waals surface area contributed by atoms with Gasteiger partial charge in [-0.25, -0.2) is 0 Å². The van der Waals surface area contributed by atoms with Crippen LogP contribution in [0.25, 0.3) is 23.3 Å². The molecule has 2 heterocycles. The van der Waals surface area contributed by atoms with Crippen molar-refractivity contribution < 1.29 is 39.5 Å². The number of aliphatic carboxylic acids is 2. The van der Waals surface area contributed by atoms with E-state index in [1.807, 2.05) is 36.4 Å². The van der Waals surface area contributed by atoms with Gasteiger partial charge in [0.1, 0.15) is 13.2 Å². The molecule has 2 atom stereocenters. The van der Waals surface area contributed by atoms with E-state index >= 15 is 0 Å². The van der Waals surface area contributed by atoms with Crippen molar-refractivity contribution in [2.45, 2.75) is 38.5 Å². The molecule has 2 aromatic carbocycles. The van der Waals surface area contributed by atoms with E-state index in [1.165, 1.54) is 0 Å². The number of aromatic nitrogens is 1. The summed E-state index contributed by atoms with van der Waals surface area (Å²) in [6, 6.07) is 16.2. The highest BCUT2D eigenvalue weighted by Crippen LogP contribution is 2.36. The first-order valence-electron chi connectivity index (χ1n) is 13.5. The van der Waals surface area contributed by atoms with Crippen LogP contribution in [0.4, 0.5) is 0 Å². The molecule has 0 bridgehead atoms. The Morgan fingerprint density at radius 3 is 2.33 bits per heavy atom. The Bertz CT molecular complexity index is 1360. The lowest BCUT2D eigenvalue weighted by atomic mass is 9.95. The molecule has 224 valence electrons. The molecule has 0 saturated heterocycles. The fourth-order valence-corrected chi connectivity index (χ4v) is 4.11. The number of aliphatic hydroxyl groups excluding tert-OH is 2. The van der Waals surface area contributed by atoms with Crippen LogP contribution in [0.3, 0.4) is 0 Å². The number of benzene rings is 2. The number of nitrogens with zero attached hydrogens (tertiary/aromatic N) is 1. The third kappa shape index (κ3) is 10.3. The second-order valence-corrected chi connectivity index (χ2v) is 9.67. The van der Waals surface area contributed by atoms with E-state index in [1.54, 1.807) is 6.20 Å². The van der Waals surface area contributed by atoms with Gasteiger partial charge in [-0.15, -0.1) is 0 Å². The number of rotatable bonds is 12. The lowest BCUT2D eigenvalue weighted by Crippen LogP contribution is -2.28. The van der Waals surface area contributed by atoms with Crippen LogP contribution in [-0.4, -0.2) is 75.9 Å². The molecule has 0 saturated carbocycles. The summed E-state index contributed by atoms with van der Waals surface area (Å²) >= 11 is 0. The van der Waals surface area contributed by atoms with Crippen molar-refractivity contribution in [2.75, 3.05) is 26.3 Å². The maximum atomic E-state index is 10.6. The van der Waals surface area contributed by atoms with E-state index in [0.717, 1.165) is 45.0 Å². The Morgan fingerprint density at radius 1 is 0.976 bits per heavy atom. The summed E-state index contributed by atoms with van der Waals surface area (Å²) in [4.78, 5) is 24.8. The largest absolute Gasteiger partial charge is 0.486 e. The van der Waals surface area contributed by atoms with Gasteiger partial charge >= 0.3 is 11.9 Å². The molecule has 4 rings (SSSR count). The number of carboxylic acid groups (broad SMARTS) is 2. The number of ether oxygens (including phenoxy) is 2. The zero-order valence-electron chi connectivity index (χ0n) is 23.4. The summed E-state index contributed by atoms with van der Waals surface area (Å²) in [7, 11) is 0. The second-order valence-electron chi connectivity index (χ2n) is 9.67. The Morgan fingerprint density at radius 2 is 1.69 bits per heavy atom. The van der Waals surface area contributed by atoms with Gasteiger partial charge in [0, 0.05) is 25.8 Å². The normalized spacial score (nSPS) is 13.6. The number of hydrogen-bond donors (Lipinski definition) is 6. The zero-order chi connectivity index (χ0) is 30.5. The number of pyridine rings is 1. The van der Waals surface area contributed by atoms with Crippen LogP contribution in [0.1, 0.15) is 35.2 Å². The topological polar surface area (TPSA) is 184 Å². The van der Waals surface area contributed by atoms with Gasteiger partial charge in [-0.05, 0) is 59.0 Å². The van der Waals surface area contributed by atoms with Gasteiger partial charge in [-0.1, -0.05) is 36.4 Å². The number of carbonyl (C=O) groups is 2. The lowest BCUT2D eigenvalue weighted by Gasteiger charge is -2.19. The molecule has 0 spiro atoms. The summed E-state index contributed by atoms with van der Waals surface area (Å²) in [6.45, 7) is 3.97. The van der Waals surface area contributed by atoms with Crippen molar-refractivity contribution in [1.29, 1.82) is 0 Å². The molecule has 1 aromatic heterocycles. The molecule has 0 aliphatic carbocycles. The highest BCUT2D eigenvalue weighted by atomic mass is 16.6. The first-order valence-corrected chi connectivity index (χ1v) is 13.5. The first kappa shape index (κ1) is 32.2. The van der Waals surface area contributed by atoms with Crippen LogP contribution in [0.5, 0.6) is 11.5 Å². The van der Waals surface area contributed by atoms with E-state index in [9.17, 15) is 14.7 Å². The third-order valence-corrected chi connectivity index (χ3v) is 6.31. The minimum Gasteiger partial charge on any atom is -0.486 e. The number of nitrogens with one attached hydrogen (secondary N) is 1. The van der Waals surface area contributed by atoms with Crippen LogP contribution < -0.4 is 20.5 Å². The number of hydrogen-bond acceptors (Lipinski definition) is 9. The summed E-state index contributed by atoms with van der Waals surface area (Å²) in [5.74, 6) is -0.480. The summed E-state index contributed by atoms with van der Waals surface area (Å²) in [5, 5.41) is 37.9. The van der Waals surface area contributed by atoms with E-state index in [2.05, 4.69) is 41.5 Å². The van der Waals surface area contributed by atoms with E-state index < -0.39 is 24.1 Å². The predicted octanol–water partition coefficient (Wildman–Crippen LogP) is 2.70. The molecule has 11 heteroatoms. The van der Waals surface area contributed by atoms with E-state index in [4.69, 9.17) is 30.5 Å². The fourth-order valence-electron chi connectivity index (χ4n) is 4.11. The Hall–Kier alpha value is -4.29. The first-order chi connectivity index (χ1) is 20.2. The van der Waals surface area contributed by atoms with Gasteiger partial charge in [0.05, 0.1) is 30.7 Å². The molecular weight excluding hydrogens is 542 g/mol. The minimum absolute atomic E-state index is 0.00625. The fraction of sp³-hybridized carbons (Fsp3) is 0.323. The lowest BCUT2D eigenvalue weighted by molar-refractivity contribution is -0.140. The molecule has 3 aromatic rings. The molecule has 7 N–H and O–H groups in total. The van der Waals surface area contributed by atoms with Crippen molar-refractivity contribution in [1.82, 2.24) is 10.3 Å². The molecule has 11 nitrogen and oxygen atoms in total. The monoisotopic (exact) mass is 579 g/mol.